The van der Waals surface area contributed by atoms with E-state index in [1.54, 1.807) is 0 Å². The number of carbonyl (C=O) groups is 2. The molecule has 4 bridgehead atoms. The Labute approximate surface area is 286 Å². The maximum atomic E-state index is 12.7. The van der Waals surface area contributed by atoms with Crippen molar-refractivity contribution >= 4 is 11.8 Å². The fraction of sp³-hybridized carbons (Fsp3) is 0.455. The van der Waals surface area contributed by atoms with Gasteiger partial charge in [0, 0.05) is 45.9 Å². The van der Waals surface area contributed by atoms with Crippen LogP contribution in [0.4, 0.5) is 0 Å². The molecule has 2 amide bonds. The van der Waals surface area contributed by atoms with E-state index in [2.05, 4.69) is 149 Å². The van der Waals surface area contributed by atoms with E-state index >= 15 is 0 Å². The van der Waals surface area contributed by atoms with Crippen LogP contribution in [0.1, 0.15) is 91.2 Å². The van der Waals surface area contributed by atoms with Crippen molar-refractivity contribution in [1.82, 2.24) is 10.6 Å². The van der Waals surface area contributed by atoms with Gasteiger partial charge in [0.2, 0.25) is 11.8 Å². The topological polar surface area (TPSA) is 58.2 Å². The number of piperidine rings is 2. The second kappa shape index (κ2) is 11.1. The zero-order chi connectivity index (χ0) is 34.0. The normalized spacial score (nSPS) is 35.2. The molecule has 7 rings (SSSR count). The highest BCUT2D eigenvalue weighted by atomic mass is 16.2. The van der Waals surface area contributed by atoms with Crippen LogP contribution in [0.25, 0.3) is 22.3 Å². The third-order valence-electron chi connectivity index (χ3n) is 11.6. The van der Waals surface area contributed by atoms with Crippen molar-refractivity contribution in [1.29, 1.82) is 0 Å². The van der Waals surface area contributed by atoms with Crippen LogP contribution in [-0.4, -0.2) is 24.9 Å². The van der Waals surface area contributed by atoms with Gasteiger partial charge < -0.3 is 10.6 Å². The average molecular weight is 637 g/mol. The van der Waals surface area contributed by atoms with Gasteiger partial charge in [0.25, 0.3) is 0 Å². The number of fused-ring (bicyclic) bond motifs is 4. The van der Waals surface area contributed by atoms with Crippen molar-refractivity contribution in [3.05, 3.63) is 83.9 Å². The molecule has 2 aliphatic carbocycles. The standard InChI is InChI=1S/C44H48N2O2/c1-39(23-41(3)27-43(5,25-39)37(47)45-29-41)21-19-31-7-11-33(12-8-31)35-15-17-36(18-16-35)34-13-9-32(10-14-34)20-22-40(2)24-42(4)28-44(6,26-40)38(48)46-30-42/h7-18H,23-30H2,1-6H3,(H,45,47)(H,46,48)/t39-,40-,41+,42+,43-,44-/m0/s1. The van der Waals surface area contributed by atoms with Crippen molar-refractivity contribution in [2.75, 3.05) is 13.1 Å². The first-order chi connectivity index (χ1) is 22.6. The summed E-state index contributed by atoms with van der Waals surface area (Å²) in [6, 6.07) is 25.7. The van der Waals surface area contributed by atoms with Gasteiger partial charge in [-0.25, -0.2) is 0 Å². The molecule has 48 heavy (non-hydrogen) atoms. The third kappa shape index (κ3) is 6.19. The lowest BCUT2D eigenvalue weighted by Gasteiger charge is -2.53. The van der Waals surface area contributed by atoms with Crippen LogP contribution in [0.2, 0.25) is 0 Å². The molecule has 0 radical (unpaired) electrons. The van der Waals surface area contributed by atoms with Crippen LogP contribution in [-0.2, 0) is 9.59 Å². The van der Waals surface area contributed by atoms with E-state index in [-0.39, 0.29) is 44.3 Å². The Kier molecular flexibility index (Phi) is 7.49. The Balaban J connectivity index is 1.01. The number of amides is 2. The molecule has 0 aromatic heterocycles. The summed E-state index contributed by atoms with van der Waals surface area (Å²) in [5.41, 5.74) is 5.83. The number of benzene rings is 3. The average Bonchev–Trinajstić information content (AvgIpc) is 3.03. The van der Waals surface area contributed by atoms with Gasteiger partial charge in [0.15, 0.2) is 0 Å². The van der Waals surface area contributed by atoms with E-state index in [0.29, 0.717) is 0 Å². The van der Waals surface area contributed by atoms with Crippen molar-refractivity contribution in [3.8, 4) is 45.9 Å². The second-order valence-electron chi connectivity index (χ2n) is 17.5. The molecule has 2 aliphatic heterocycles. The Morgan fingerprint density at radius 3 is 1.10 bits per heavy atom. The predicted octanol–water partition coefficient (Wildman–Crippen LogP) is 8.39. The smallest absolute Gasteiger partial charge is 0.226 e. The number of rotatable bonds is 2. The van der Waals surface area contributed by atoms with Crippen LogP contribution >= 0.6 is 0 Å². The Morgan fingerprint density at radius 2 is 0.771 bits per heavy atom. The first kappa shape index (κ1) is 32.3. The quantitative estimate of drug-likeness (QED) is 0.278. The Bertz CT molecular complexity index is 1760. The van der Waals surface area contributed by atoms with Crippen molar-refractivity contribution in [2.45, 2.75) is 80.1 Å². The molecule has 4 heteroatoms. The summed E-state index contributed by atoms with van der Waals surface area (Å²) < 4.78 is 0. The minimum atomic E-state index is -0.341. The summed E-state index contributed by atoms with van der Waals surface area (Å²) in [6.45, 7) is 14.7. The van der Waals surface area contributed by atoms with Gasteiger partial charge in [0.1, 0.15) is 0 Å². The molecule has 2 N–H and O–H groups in total. The molecule has 2 saturated carbocycles. The van der Waals surface area contributed by atoms with Crippen LogP contribution < -0.4 is 10.6 Å². The lowest BCUT2D eigenvalue weighted by Crippen LogP contribution is -2.58. The zero-order valence-corrected chi connectivity index (χ0v) is 29.4. The molecular weight excluding hydrogens is 588 g/mol. The summed E-state index contributed by atoms with van der Waals surface area (Å²) in [6.07, 6.45) is 5.49. The monoisotopic (exact) mass is 636 g/mol. The van der Waals surface area contributed by atoms with Gasteiger partial charge in [-0.2, -0.15) is 0 Å². The first-order valence-corrected chi connectivity index (χ1v) is 17.5. The van der Waals surface area contributed by atoms with E-state index in [1.165, 1.54) is 11.1 Å². The van der Waals surface area contributed by atoms with Crippen LogP contribution in [0, 0.1) is 56.2 Å². The molecule has 4 nitrogen and oxygen atoms in total. The Morgan fingerprint density at radius 1 is 0.458 bits per heavy atom. The lowest BCUT2D eigenvalue weighted by molar-refractivity contribution is -0.144. The SMILES string of the molecule is C[C@]1(C#Cc2ccc(-c3ccc(-c4ccc(C#C[C@@]5(C)C[C@@]6(C)CNC(=O)[C@@](C)(C5)C6)cc4)cc3)cc2)C[C@@]2(C)CNC(=O)[C@@](C)(C1)C2. The van der Waals surface area contributed by atoms with Gasteiger partial charge in [-0.1, -0.05) is 99.9 Å². The van der Waals surface area contributed by atoms with Gasteiger partial charge in [0.05, 0.1) is 0 Å². The van der Waals surface area contributed by atoms with Gasteiger partial charge in [-0.05, 0) is 110 Å². The molecule has 0 spiro atoms. The van der Waals surface area contributed by atoms with Crippen LogP contribution in [0.5, 0.6) is 0 Å². The van der Waals surface area contributed by atoms with E-state index in [1.807, 2.05) is 0 Å². The molecule has 0 unspecified atom stereocenters. The van der Waals surface area contributed by atoms with E-state index < -0.39 is 0 Å². The Hall–Kier alpha value is -4.28. The summed E-state index contributed by atoms with van der Waals surface area (Å²) in [7, 11) is 0. The highest BCUT2D eigenvalue weighted by Gasteiger charge is 2.55. The second-order valence-corrected chi connectivity index (χ2v) is 17.5. The van der Waals surface area contributed by atoms with Crippen LogP contribution in [0.3, 0.4) is 0 Å². The summed E-state index contributed by atoms with van der Waals surface area (Å²) in [5, 5.41) is 6.27. The molecular formula is C44H48N2O2. The molecule has 4 fully saturated rings. The van der Waals surface area contributed by atoms with Crippen LogP contribution in [0.15, 0.2) is 72.8 Å². The summed E-state index contributed by atoms with van der Waals surface area (Å²) in [5.74, 6) is 14.4. The number of carbonyl (C=O) groups excluding carboxylic acids is 2. The first-order valence-electron chi connectivity index (χ1n) is 17.5. The van der Waals surface area contributed by atoms with E-state index in [9.17, 15) is 9.59 Å². The van der Waals surface area contributed by atoms with Gasteiger partial charge in [-0.3, -0.25) is 9.59 Å². The third-order valence-corrected chi connectivity index (χ3v) is 11.6. The summed E-state index contributed by atoms with van der Waals surface area (Å²) >= 11 is 0. The number of hydrogen-bond acceptors (Lipinski definition) is 2. The van der Waals surface area contributed by atoms with Gasteiger partial charge in [-0.15, -0.1) is 0 Å². The minimum absolute atomic E-state index is 0.0994. The number of nitrogens with one attached hydrogen (secondary N) is 2. The van der Waals surface area contributed by atoms with Crippen molar-refractivity contribution < 1.29 is 9.59 Å². The molecule has 246 valence electrons. The fourth-order valence-corrected chi connectivity index (χ4v) is 10.4. The van der Waals surface area contributed by atoms with Crippen molar-refractivity contribution in [2.24, 2.45) is 32.5 Å². The number of hydrogen-bond donors (Lipinski definition) is 2. The van der Waals surface area contributed by atoms with E-state index in [0.717, 1.165) is 73.9 Å². The molecule has 4 aliphatic rings. The van der Waals surface area contributed by atoms with Crippen molar-refractivity contribution in [3.63, 3.8) is 0 Å². The zero-order valence-electron chi connectivity index (χ0n) is 29.4. The summed E-state index contributed by atoms with van der Waals surface area (Å²) in [4.78, 5) is 25.4. The maximum Gasteiger partial charge on any atom is 0.226 e. The molecule has 2 heterocycles. The predicted molar refractivity (Wildman–Crippen MR) is 193 cm³/mol. The largest absolute Gasteiger partial charge is 0.355 e. The molecule has 2 saturated heterocycles. The fourth-order valence-electron chi connectivity index (χ4n) is 10.4. The van der Waals surface area contributed by atoms with Gasteiger partial charge >= 0.3 is 0 Å². The highest BCUT2D eigenvalue weighted by molar-refractivity contribution is 5.84. The minimum Gasteiger partial charge on any atom is -0.355 e. The molecule has 3 aromatic rings. The lowest BCUT2D eigenvalue weighted by atomic mass is 9.52. The maximum absolute atomic E-state index is 12.7. The van der Waals surface area contributed by atoms with E-state index in [4.69, 9.17) is 0 Å². The molecule has 3 aromatic carbocycles. The highest BCUT2D eigenvalue weighted by Crippen LogP contribution is 2.57. The molecule has 6 atom stereocenters.